The number of para-hydroxylation sites is 1. The van der Waals surface area contributed by atoms with Crippen molar-refractivity contribution < 1.29 is 14.0 Å². The molecule has 2 fully saturated rings. The summed E-state index contributed by atoms with van der Waals surface area (Å²) in [5, 5.41) is 6.06. The molecule has 0 radical (unpaired) electrons. The number of nitrogens with one attached hydrogen (secondary N) is 2. The highest BCUT2D eigenvalue weighted by Gasteiger charge is 2.30. The maximum Gasteiger partial charge on any atom is 0.321 e. The first-order chi connectivity index (χ1) is 14.7. The van der Waals surface area contributed by atoms with Crippen LogP contribution in [0.25, 0.3) is 0 Å². The monoisotopic (exact) mass is 410 g/mol. The first-order valence-corrected chi connectivity index (χ1v) is 10.9. The molecule has 2 aromatic rings. The third kappa shape index (κ3) is 5.02. The molecule has 2 aliphatic heterocycles. The second-order valence-electron chi connectivity index (χ2n) is 8.08. The minimum Gasteiger partial charge on any atom is -0.468 e. The summed E-state index contributed by atoms with van der Waals surface area (Å²) in [5.74, 6) is 0.931. The molecule has 3 amide bonds. The average molecular weight is 411 g/mol. The van der Waals surface area contributed by atoms with Crippen LogP contribution in [0.15, 0.2) is 53.1 Å². The fraction of sp³-hybridized carbons (Fsp3) is 0.478. The molecule has 2 saturated heterocycles. The van der Waals surface area contributed by atoms with Gasteiger partial charge in [0.15, 0.2) is 0 Å². The van der Waals surface area contributed by atoms with Crippen LogP contribution in [-0.2, 0) is 4.79 Å². The van der Waals surface area contributed by atoms with Crippen LogP contribution in [0, 0.1) is 5.92 Å². The summed E-state index contributed by atoms with van der Waals surface area (Å²) in [6, 6.07) is 13.3. The zero-order valence-corrected chi connectivity index (χ0v) is 17.3. The number of carbonyl (C=O) groups excluding carboxylic acids is 2. The molecule has 4 rings (SSSR count). The third-order valence-electron chi connectivity index (χ3n) is 6.10. The van der Waals surface area contributed by atoms with Gasteiger partial charge in [0.05, 0.1) is 12.3 Å². The Balaban J connectivity index is 1.25. The number of hydrogen-bond acceptors (Lipinski definition) is 4. The SMILES string of the molecule is O=C(NC[C@H](c1ccco1)N1CCCC1)C1CCN(C(=O)Nc2ccccc2)CC1. The second-order valence-corrected chi connectivity index (χ2v) is 8.08. The second kappa shape index (κ2) is 9.80. The fourth-order valence-corrected chi connectivity index (χ4v) is 4.35. The molecule has 2 N–H and O–H groups in total. The van der Waals surface area contributed by atoms with Crippen molar-refractivity contribution in [2.45, 2.75) is 31.7 Å². The maximum atomic E-state index is 12.8. The van der Waals surface area contributed by atoms with Crippen molar-refractivity contribution in [1.29, 1.82) is 0 Å². The fourth-order valence-electron chi connectivity index (χ4n) is 4.35. The van der Waals surface area contributed by atoms with Crippen LogP contribution in [0.4, 0.5) is 10.5 Å². The smallest absolute Gasteiger partial charge is 0.321 e. The predicted octanol–water partition coefficient (Wildman–Crippen LogP) is 3.48. The van der Waals surface area contributed by atoms with E-state index in [1.807, 2.05) is 42.5 Å². The molecular formula is C23H30N4O3. The Morgan fingerprint density at radius 2 is 1.73 bits per heavy atom. The molecule has 1 aromatic carbocycles. The van der Waals surface area contributed by atoms with E-state index in [9.17, 15) is 9.59 Å². The first kappa shape index (κ1) is 20.5. The lowest BCUT2D eigenvalue weighted by molar-refractivity contribution is -0.126. The van der Waals surface area contributed by atoms with Crippen molar-refractivity contribution >= 4 is 17.6 Å². The normalized spacial score (nSPS) is 18.9. The van der Waals surface area contributed by atoms with Gasteiger partial charge in [-0.05, 0) is 63.0 Å². The third-order valence-corrected chi connectivity index (χ3v) is 6.10. The lowest BCUT2D eigenvalue weighted by atomic mass is 9.96. The summed E-state index contributed by atoms with van der Waals surface area (Å²) >= 11 is 0. The van der Waals surface area contributed by atoms with Gasteiger partial charge >= 0.3 is 6.03 Å². The van der Waals surface area contributed by atoms with Crippen LogP contribution >= 0.6 is 0 Å². The van der Waals surface area contributed by atoms with Crippen LogP contribution in [0.3, 0.4) is 0 Å². The molecule has 3 heterocycles. The predicted molar refractivity (Wildman–Crippen MR) is 115 cm³/mol. The number of benzene rings is 1. The number of piperidine rings is 1. The van der Waals surface area contributed by atoms with Crippen molar-refractivity contribution in [1.82, 2.24) is 15.1 Å². The number of amides is 3. The molecule has 30 heavy (non-hydrogen) atoms. The number of carbonyl (C=O) groups is 2. The summed E-state index contributed by atoms with van der Waals surface area (Å²) in [4.78, 5) is 29.4. The van der Waals surface area contributed by atoms with E-state index in [-0.39, 0.29) is 23.9 Å². The van der Waals surface area contributed by atoms with E-state index < -0.39 is 0 Å². The van der Waals surface area contributed by atoms with Crippen LogP contribution in [0.1, 0.15) is 37.5 Å². The molecule has 160 valence electrons. The van der Waals surface area contributed by atoms with Crippen molar-refractivity contribution in [2.24, 2.45) is 5.92 Å². The lowest BCUT2D eigenvalue weighted by Crippen LogP contribution is -2.45. The van der Waals surface area contributed by atoms with Crippen LogP contribution in [0.2, 0.25) is 0 Å². The Morgan fingerprint density at radius 3 is 2.40 bits per heavy atom. The molecule has 0 spiro atoms. The molecule has 0 bridgehead atoms. The van der Waals surface area contributed by atoms with Gasteiger partial charge in [0.2, 0.25) is 5.91 Å². The van der Waals surface area contributed by atoms with Crippen LogP contribution in [-0.4, -0.2) is 54.5 Å². The van der Waals surface area contributed by atoms with E-state index >= 15 is 0 Å². The van der Waals surface area contributed by atoms with Gasteiger partial charge in [0.1, 0.15) is 5.76 Å². The topological polar surface area (TPSA) is 77.8 Å². The van der Waals surface area contributed by atoms with Gasteiger partial charge in [-0.25, -0.2) is 4.79 Å². The zero-order chi connectivity index (χ0) is 20.8. The van der Waals surface area contributed by atoms with Crippen LogP contribution in [0.5, 0.6) is 0 Å². The summed E-state index contributed by atoms with van der Waals surface area (Å²) in [6.07, 6.45) is 5.44. The van der Waals surface area contributed by atoms with Gasteiger partial charge in [-0.1, -0.05) is 18.2 Å². The molecule has 0 unspecified atom stereocenters. The van der Waals surface area contributed by atoms with E-state index in [2.05, 4.69) is 15.5 Å². The molecule has 7 heteroatoms. The first-order valence-electron chi connectivity index (χ1n) is 10.9. The summed E-state index contributed by atoms with van der Waals surface area (Å²) in [7, 11) is 0. The minimum atomic E-state index is -0.105. The Bertz CT molecular complexity index is 810. The van der Waals surface area contributed by atoms with E-state index in [0.717, 1.165) is 24.5 Å². The molecule has 7 nitrogen and oxygen atoms in total. The molecule has 1 aromatic heterocycles. The van der Waals surface area contributed by atoms with Gasteiger partial charge in [0.25, 0.3) is 0 Å². The average Bonchev–Trinajstić information content (AvgIpc) is 3.50. The van der Waals surface area contributed by atoms with Crippen molar-refractivity contribution in [3.05, 3.63) is 54.5 Å². The number of furan rings is 1. The molecule has 0 aliphatic carbocycles. The summed E-state index contributed by atoms with van der Waals surface area (Å²) in [6.45, 7) is 3.81. The van der Waals surface area contributed by atoms with E-state index in [0.29, 0.717) is 32.5 Å². The van der Waals surface area contributed by atoms with E-state index in [4.69, 9.17) is 4.42 Å². The lowest BCUT2D eigenvalue weighted by Gasteiger charge is -2.32. The number of anilines is 1. The van der Waals surface area contributed by atoms with E-state index in [1.165, 1.54) is 12.8 Å². The Morgan fingerprint density at radius 1 is 1.00 bits per heavy atom. The number of urea groups is 1. The molecule has 0 saturated carbocycles. The number of nitrogens with zero attached hydrogens (tertiary/aromatic N) is 2. The Hall–Kier alpha value is -2.80. The molecule has 2 aliphatic rings. The summed E-state index contributed by atoms with van der Waals surface area (Å²) < 4.78 is 5.63. The number of hydrogen-bond donors (Lipinski definition) is 2. The van der Waals surface area contributed by atoms with Gasteiger partial charge in [-0.3, -0.25) is 9.69 Å². The van der Waals surface area contributed by atoms with Gasteiger partial charge in [-0.15, -0.1) is 0 Å². The van der Waals surface area contributed by atoms with Crippen molar-refractivity contribution in [3.8, 4) is 0 Å². The van der Waals surface area contributed by atoms with Crippen LogP contribution < -0.4 is 10.6 Å². The Labute approximate surface area is 177 Å². The standard InChI is InChI=1S/C23H30N4O3/c28-22(24-17-20(21-9-6-16-30-21)26-12-4-5-13-26)18-10-14-27(15-11-18)23(29)25-19-7-2-1-3-8-19/h1-3,6-9,16,18,20H,4-5,10-15,17H2,(H,24,28)(H,25,29)/t20-/m1/s1. The zero-order valence-electron chi connectivity index (χ0n) is 17.3. The number of rotatable bonds is 6. The quantitative estimate of drug-likeness (QED) is 0.764. The van der Waals surface area contributed by atoms with Gasteiger partial charge in [-0.2, -0.15) is 0 Å². The van der Waals surface area contributed by atoms with Crippen molar-refractivity contribution in [3.63, 3.8) is 0 Å². The van der Waals surface area contributed by atoms with Crippen molar-refractivity contribution in [2.75, 3.05) is 38.0 Å². The highest BCUT2D eigenvalue weighted by atomic mass is 16.3. The van der Waals surface area contributed by atoms with Gasteiger partial charge in [0, 0.05) is 31.2 Å². The largest absolute Gasteiger partial charge is 0.468 e. The number of likely N-dealkylation sites (tertiary alicyclic amines) is 2. The van der Waals surface area contributed by atoms with Gasteiger partial charge < -0.3 is 20.0 Å². The van der Waals surface area contributed by atoms with E-state index in [1.54, 1.807) is 11.2 Å². The molecular weight excluding hydrogens is 380 g/mol. The highest BCUT2D eigenvalue weighted by molar-refractivity contribution is 5.89. The maximum absolute atomic E-state index is 12.8. The Kier molecular flexibility index (Phi) is 6.69. The highest BCUT2D eigenvalue weighted by Crippen LogP contribution is 2.25. The minimum absolute atomic E-state index is 0.0541. The summed E-state index contributed by atoms with van der Waals surface area (Å²) in [5.41, 5.74) is 0.785. The molecule has 1 atom stereocenters.